The number of piperidine rings is 1. The summed E-state index contributed by atoms with van der Waals surface area (Å²) in [7, 11) is 1.67. The van der Waals surface area contributed by atoms with Gasteiger partial charge in [-0.1, -0.05) is 48.6 Å². The summed E-state index contributed by atoms with van der Waals surface area (Å²) in [5.74, 6) is 0.454. The Kier molecular flexibility index (Phi) is 6.47. The summed E-state index contributed by atoms with van der Waals surface area (Å²) in [6.07, 6.45) is 5.53. The summed E-state index contributed by atoms with van der Waals surface area (Å²) in [4.78, 5) is 14.1. The summed E-state index contributed by atoms with van der Waals surface area (Å²) in [6, 6.07) is 14.6. The van der Waals surface area contributed by atoms with Crippen molar-refractivity contribution in [1.29, 1.82) is 0 Å². The molecule has 0 unspecified atom stereocenters. The van der Waals surface area contributed by atoms with Gasteiger partial charge in [0.25, 0.3) is 0 Å². The largest absolute Gasteiger partial charge is 0.496 e. The number of rotatable bonds is 6. The third kappa shape index (κ3) is 4.60. The van der Waals surface area contributed by atoms with Gasteiger partial charge in [-0.15, -0.1) is 0 Å². The van der Waals surface area contributed by atoms with Crippen LogP contribution in [0.3, 0.4) is 0 Å². The van der Waals surface area contributed by atoms with E-state index in [2.05, 4.69) is 22.4 Å². The highest BCUT2D eigenvalue weighted by Crippen LogP contribution is 2.34. The number of nitrogens with one attached hydrogen (secondary N) is 1. The molecule has 0 aliphatic carbocycles. The molecule has 1 heterocycles. The number of hydrogen-bond acceptors (Lipinski definition) is 3. The number of nitrogens with zero attached hydrogens (tertiary/aromatic N) is 1. The summed E-state index contributed by atoms with van der Waals surface area (Å²) < 4.78 is 19.8. The second-order valence-electron chi connectivity index (χ2n) is 7.19. The lowest BCUT2D eigenvalue weighted by atomic mass is 9.80. The zero-order valence-corrected chi connectivity index (χ0v) is 16.5. The fourth-order valence-electron chi connectivity index (χ4n) is 3.90. The number of carbonyl (C=O) groups excluding carboxylic acids is 1. The van der Waals surface area contributed by atoms with Gasteiger partial charge in [0.15, 0.2) is 0 Å². The van der Waals surface area contributed by atoms with Crippen molar-refractivity contribution >= 4 is 12.0 Å². The van der Waals surface area contributed by atoms with Gasteiger partial charge in [0.2, 0.25) is 5.91 Å². The lowest BCUT2D eigenvalue weighted by Crippen LogP contribution is -2.53. The highest BCUT2D eigenvalue weighted by atomic mass is 19.1. The Morgan fingerprint density at radius 1 is 1.18 bits per heavy atom. The van der Waals surface area contributed by atoms with Gasteiger partial charge in [-0.3, -0.25) is 9.69 Å². The molecule has 1 amide bonds. The van der Waals surface area contributed by atoms with Crippen LogP contribution in [0, 0.1) is 5.82 Å². The summed E-state index contributed by atoms with van der Waals surface area (Å²) in [6.45, 7) is 3.85. The van der Waals surface area contributed by atoms with Gasteiger partial charge in [0, 0.05) is 37.7 Å². The third-order valence-electron chi connectivity index (χ3n) is 5.31. The van der Waals surface area contributed by atoms with Crippen molar-refractivity contribution in [2.45, 2.75) is 25.3 Å². The number of para-hydroxylation sites is 1. The molecule has 1 saturated heterocycles. The quantitative estimate of drug-likeness (QED) is 0.822. The molecule has 0 spiro atoms. The minimum atomic E-state index is -0.639. The number of amides is 1. The van der Waals surface area contributed by atoms with Gasteiger partial charge in [-0.05, 0) is 25.0 Å². The molecule has 2 aromatic rings. The number of likely N-dealkylation sites (tertiary alicyclic amines) is 1. The fraction of sp³-hybridized carbons (Fsp3) is 0.348. The molecule has 1 N–H and O–H groups in total. The highest BCUT2D eigenvalue weighted by Gasteiger charge is 2.38. The molecule has 0 aromatic heterocycles. The summed E-state index contributed by atoms with van der Waals surface area (Å²) >= 11 is 0. The molecule has 4 nitrogen and oxygen atoms in total. The standard InChI is InChI=1S/C23H27FN2O2/c1-18(27)25-23(20-10-4-5-11-21(20)24)13-16-26(17-14-23)15-7-9-19-8-3-6-12-22(19)28-2/h3-12H,13-17H2,1-2H3,(H,25,27)/b9-7+. The van der Waals surface area contributed by atoms with E-state index in [0.717, 1.165) is 30.9 Å². The zero-order valence-electron chi connectivity index (χ0n) is 16.5. The highest BCUT2D eigenvalue weighted by molar-refractivity contribution is 5.74. The van der Waals surface area contributed by atoms with E-state index in [-0.39, 0.29) is 11.7 Å². The normalized spacial score (nSPS) is 16.8. The molecule has 1 aliphatic heterocycles. The van der Waals surface area contributed by atoms with E-state index in [1.807, 2.05) is 30.3 Å². The van der Waals surface area contributed by atoms with E-state index in [4.69, 9.17) is 4.74 Å². The van der Waals surface area contributed by atoms with E-state index in [0.29, 0.717) is 18.4 Å². The number of hydrogen-bond donors (Lipinski definition) is 1. The maximum atomic E-state index is 14.4. The second kappa shape index (κ2) is 9.02. The Balaban J connectivity index is 1.67. The van der Waals surface area contributed by atoms with Gasteiger partial charge in [0.05, 0.1) is 12.6 Å². The number of carbonyl (C=O) groups is 1. The average Bonchev–Trinajstić information content (AvgIpc) is 2.69. The van der Waals surface area contributed by atoms with E-state index >= 15 is 0 Å². The van der Waals surface area contributed by atoms with Crippen LogP contribution >= 0.6 is 0 Å². The van der Waals surface area contributed by atoms with Crippen molar-refractivity contribution in [3.63, 3.8) is 0 Å². The van der Waals surface area contributed by atoms with Crippen LogP contribution in [0.4, 0.5) is 4.39 Å². The van der Waals surface area contributed by atoms with Crippen molar-refractivity contribution in [3.05, 3.63) is 71.6 Å². The monoisotopic (exact) mass is 382 g/mol. The third-order valence-corrected chi connectivity index (χ3v) is 5.31. The molecular formula is C23H27FN2O2. The van der Waals surface area contributed by atoms with Crippen molar-refractivity contribution in [3.8, 4) is 5.75 Å². The van der Waals surface area contributed by atoms with Crippen LogP contribution in [0.15, 0.2) is 54.6 Å². The van der Waals surface area contributed by atoms with Crippen molar-refractivity contribution < 1.29 is 13.9 Å². The molecule has 0 atom stereocenters. The first-order valence-corrected chi connectivity index (χ1v) is 9.60. The van der Waals surface area contributed by atoms with Gasteiger partial charge in [-0.25, -0.2) is 4.39 Å². The Morgan fingerprint density at radius 2 is 1.86 bits per heavy atom. The maximum Gasteiger partial charge on any atom is 0.217 e. The molecule has 0 saturated carbocycles. The van der Waals surface area contributed by atoms with Crippen LogP contribution in [-0.2, 0) is 10.3 Å². The Hall–Kier alpha value is -2.66. The predicted octanol–water partition coefficient (Wildman–Crippen LogP) is 3.97. The second-order valence-corrected chi connectivity index (χ2v) is 7.19. The minimum Gasteiger partial charge on any atom is -0.496 e. The SMILES string of the molecule is COc1ccccc1/C=C/CN1CCC(NC(C)=O)(c2ccccc2F)CC1. The number of methoxy groups -OCH3 is 1. The van der Waals surface area contributed by atoms with Crippen LogP contribution < -0.4 is 10.1 Å². The van der Waals surface area contributed by atoms with Crippen molar-refractivity contribution in [2.24, 2.45) is 0 Å². The van der Waals surface area contributed by atoms with Gasteiger partial charge in [0.1, 0.15) is 11.6 Å². The van der Waals surface area contributed by atoms with Crippen molar-refractivity contribution in [2.75, 3.05) is 26.7 Å². The predicted molar refractivity (Wildman–Crippen MR) is 110 cm³/mol. The average molecular weight is 382 g/mol. The molecule has 1 aliphatic rings. The molecular weight excluding hydrogens is 355 g/mol. The number of ether oxygens (including phenoxy) is 1. The number of halogens is 1. The molecule has 2 aromatic carbocycles. The van der Waals surface area contributed by atoms with E-state index in [1.54, 1.807) is 19.2 Å². The van der Waals surface area contributed by atoms with E-state index in [1.165, 1.54) is 13.0 Å². The lowest BCUT2D eigenvalue weighted by Gasteiger charge is -2.42. The van der Waals surface area contributed by atoms with Crippen LogP contribution in [0.5, 0.6) is 5.75 Å². The minimum absolute atomic E-state index is 0.132. The molecule has 1 fully saturated rings. The van der Waals surface area contributed by atoms with Gasteiger partial charge >= 0.3 is 0 Å². The summed E-state index contributed by atoms with van der Waals surface area (Å²) in [5, 5.41) is 3.03. The van der Waals surface area contributed by atoms with E-state index < -0.39 is 5.54 Å². The van der Waals surface area contributed by atoms with Crippen LogP contribution in [0.1, 0.15) is 30.9 Å². The first-order chi connectivity index (χ1) is 13.5. The molecule has 148 valence electrons. The number of benzene rings is 2. The molecule has 3 rings (SSSR count). The van der Waals surface area contributed by atoms with E-state index in [9.17, 15) is 9.18 Å². The lowest BCUT2D eigenvalue weighted by molar-refractivity contribution is -0.121. The van der Waals surface area contributed by atoms with Crippen molar-refractivity contribution in [1.82, 2.24) is 10.2 Å². The molecule has 0 bridgehead atoms. The Labute approximate surface area is 166 Å². The Morgan fingerprint density at radius 3 is 2.54 bits per heavy atom. The smallest absolute Gasteiger partial charge is 0.217 e. The first kappa shape index (κ1) is 20.1. The molecule has 5 heteroatoms. The maximum absolute atomic E-state index is 14.4. The van der Waals surface area contributed by atoms with Gasteiger partial charge < -0.3 is 10.1 Å². The Bertz CT molecular complexity index is 842. The topological polar surface area (TPSA) is 41.6 Å². The van der Waals surface area contributed by atoms with Gasteiger partial charge in [-0.2, -0.15) is 0 Å². The fourth-order valence-corrected chi connectivity index (χ4v) is 3.90. The van der Waals surface area contributed by atoms with Crippen LogP contribution in [0.25, 0.3) is 6.08 Å². The van der Waals surface area contributed by atoms with Crippen LogP contribution in [0.2, 0.25) is 0 Å². The zero-order chi connectivity index (χ0) is 20.0. The molecule has 0 radical (unpaired) electrons. The molecule has 28 heavy (non-hydrogen) atoms. The van der Waals surface area contributed by atoms with Crippen LogP contribution in [-0.4, -0.2) is 37.6 Å². The first-order valence-electron chi connectivity index (χ1n) is 9.60. The summed E-state index contributed by atoms with van der Waals surface area (Å²) in [5.41, 5.74) is 0.982.